The van der Waals surface area contributed by atoms with Crippen molar-refractivity contribution in [3.8, 4) is 0 Å². The van der Waals surface area contributed by atoms with E-state index in [1.807, 2.05) is 0 Å². The number of carbonyl (C=O) groups excluding carboxylic acids is 3. The summed E-state index contributed by atoms with van der Waals surface area (Å²) in [6.07, 6.45) is 0.194. The lowest BCUT2D eigenvalue weighted by atomic mass is 10.2. The number of carboxylic acids is 1. The zero-order valence-corrected chi connectivity index (χ0v) is 11.0. The van der Waals surface area contributed by atoms with Crippen molar-refractivity contribution in [1.29, 1.82) is 0 Å². The van der Waals surface area contributed by atoms with Gasteiger partial charge in [0.05, 0.1) is 6.61 Å². The van der Waals surface area contributed by atoms with Crippen molar-refractivity contribution in [2.75, 3.05) is 26.7 Å². The Morgan fingerprint density at radius 1 is 1.40 bits per heavy atom. The van der Waals surface area contributed by atoms with Gasteiger partial charge in [0.2, 0.25) is 11.8 Å². The highest BCUT2D eigenvalue weighted by atomic mass is 16.4. The quantitative estimate of drug-likeness (QED) is 0.475. The molecule has 0 spiro atoms. The molecule has 1 heterocycles. The fraction of sp³-hybridized carbons (Fsp3) is 0.636. The molecule has 9 heteroatoms. The molecule has 20 heavy (non-hydrogen) atoms. The molecule has 0 bridgehead atoms. The van der Waals surface area contributed by atoms with Gasteiger partial charge in [-0.2, -0.15) is 0 Å². The SMILES string of the molecule is CN1CC(=O)N(CCCC(=O)N[C@@H](CO)C(=O)O)C1=O. The second kappa shape index (κ2) is 6.85. The summed E-state index contributed by atoms with van der Waals surface area (Å²) in [5.41, 5.74) is 0. The highest BCUT2D eigenvalue weighted by Gasteiger charge is 2.32. The molecule has 1 aliphatic rings. The number of imide groups is 1. The van der Waals surface area contributed by atoms with Gasteiger partial charge >= 0.3 is 12.0 Å². The van der Waals surface area contributed by atoms with Gasteiger partial charge in [-0.05, 0) is 6.42 Å². The molecular formula is C11H17N3O6. The number of hydrogen-bond acceptors (Lipinski definition) is 5. The van der Waals surface area contributed by atoms with E-state index >= 15 is 0 Å². The van der Waals surface area contributed by atoms with E-state index in [1.54, 1.807) is 0 Å². The topological polar surface area (TPSA) is 127 Å². The standard InChI is InChI=1S/C11H17N3O6/c1-13-5-9(17)14(11(13)20)4-2-3-8(16)12-7(6-15)10(18)19/h7,15H,2-6H2,1H3,(H,12,16)(H,18,19)/t7-/m0/s1. The van der Waals surface area contributed by atoms with Gasteiger partial charge in [0.25, 0.3) is 0 Å². The van der Waals surface area contributed by atoms with Crippen LogP contribution in [0.15, 0.2) is 0 Å². The van der Waals surface area contributed by atoms with Crippen LogP contribution in [0.25, 0.3) is 0 Å². The van der Waals surface area contributed by atoms with Crippen LogP contribution in [-0.2, 0) is 14.4 Å². The summed E-state index contributed by atoms with van der Waals surface area (Å²) in [5.74, 6) is -2.21. The van der Waals surface area contributed by atoms with Crippen LogP contribution in [0.3, 0.4) is 0 Å². The molecule has 1 saturated heterocycles. The molecule has 0 aromatic rings. The normalized spacial score (nSPS) is 16.5. The third kappa shape index (κ3) is 3.92. The van der Waals surface area contributed by atoms with Crippen LogP contribution in [0.1, 0.15) is 12.8 Å². The van der Waals surface area contributed by atoms with Crippen LogP contribution in [0, 0.1) is 0 Å². The summed E-state index contributed by atoms with van der Waals surface area (Å²) < 4.78 is 0. The Labute approximate surface area is 115 Å². The summed E-state index contributed by atoms with van der Waals surface area (Å²) in [7, 11) is 1.51. The Kier molecular flexibility index (Phi) is 5.44. The van der Waals surface area contributed by atoms with Crippen LogP contribution in [0.4, 0.5) is 4.79 Å². The molecule has 1 atom stereocenters. The Bertz CT molecular complexity index is 424. The molecule has 1 rings (SSSR count). The van der Waals surface area contributed by atoms with Crippen molar-refractivity contribution in [2.24, 2.45) is 0 Å². The Morgan fingerprint density at radius 2 is 2.05 bits per heavy atom. The molecule has 112 valence electrons. The van der Waals surface area contributed by atoms with Gasteiger partial charge in [-0.15, -0.1) is 0 Å². The Morgan fingerprint density at radius 3 is 2.50 bits per heavy atom. The maximum Gasteiger partial charge on any atom is 0.328 e. The number of likely N-dealkylation sites (N-methyl/N-ethyl adjacent to an activating group) is 1. The van der Waals surface area contributed by atoms with Crippen molar-refractivity contribution in [3.63, 3.8) is 0 Å². The maximum absolute atomic E-state index is 11.5. The minimum absolute atomic E-state index is 0.0244. The van der Waals surface area contributed by atoms with Gasteiger partial charge in [0.1, 0.15) is 12.6 Å². The lowest BCUT2D eigenvalue weighted by Crippen LogP contribution is -2.43. The molecule has 3 N–H and O–H groups in total. The molecule has 0 aromatic heterocycles. The predicted molar refractivity (Wildman–Crippen MR) is 65.6 cm³/mol. The van der Waals surface area contributed by atoms with E-state index in [2.05, 4.69) is 5.32 Å². The molecule has 0 saturated carbocycles. The van der Waals surface area contributed by atoms with Crippen LogP contribution in [0.2, 0.25) is 0 Å². The average molecular weight is 287 g/mol. The molecule has 9 nitrogen and oxygen atoms in total. The number of hydrogen-bond donors (Lipinski definition) is 3. The van der Waals surface area contributed by atoms with Crippen molar-refractivity contribution >= 4 is 23.8 Å². The maximum atomic E-state index is 11.5. The number of urea groups is 1. The monoisotopic (exact) mass is 287 g/mol. The van der Waals surface area contributed by atoms with Crippen molar-refractivity contribution in [3.05, 3.63) is 0 Å². The molecule has 0 radical (unpaired) electrons. The minimum atomic E-state index is -1.34. The third-order valence-electron chi connectivity index (χ3n) is 2.83. The highest BCUT2D eigenvalue weighted by Crippen LogP contribution is 2.09. The second-order valence-corrected chi connectivity index (χ2v) is 4.43. The Balaban J connectivity index is 2.34. The number of carbonyl (C=O) groups is 4. The summed E-state index contributed by atoms with van der Waals surface area (Å²) in [5, 5.41) is 19.5. The van der Waals surface area contributed by atoms with Crippen LogP contribution >= 0.6 is 0 Å². The first-order valence-electron chi connectivity index (χ1n) is 6.05. The largest absolute Gasteiger partial charge is 0.480 e. The summed E-state index contributed by atoms with van der Waals surface area (Å²) >= 11 is 0. The number of nitrogens with one attached hydrogen (secondary N) is 1. The number of carboxylic acid groups (broad SMARTS) is 1. The smallest absolute Gasteiger partial charge is 0.328 e. The number of aliphatic carboxylic acids is 1. The molecular weight excluding hydrogens is 270 g/mol. The molecule has 0 unspecified atom stereocenters. The van der Waals surface area contributed by atoms with E-state index in [-0.39, 0.29) is 31.8 Å². The van der Waals surface area contributed by atoms with Gasteiger partial charge in [-0.25, -0.2) is 9.59 Å². The third-order valence-corrected chi connectivity index (χ3v) is 2.83. The number of aliphatic hydroxyl groups excluding tert-OH is 1. The van der Waals surface area contributed by atoms with E-state index in [4.69, 9.17) is 10.2 Å². The first kappa shape index (κ1) is 15.9. The predicted octanol–water partition coefficient (Wildman–Crippen LogP) is -1.78. The van der Waals surface area contributed by atoms with Gasteiger partial charge in [0.15, 0.2) is 0 Å². The summed E-state index contributed by atoms with van der Waals surface area (Å²) in [6.45, 7) is -0.572. The zero-order chi connectivity index (χ0) is 15.3. The van der Waals surface area contributed by atoms with Crippen molar-refractivity contribution in [1.82, 2.24) is 15.1 Å². The van der Waals surface area contributed by atoms with Crippen molar-refractivity contribution in [2.45, 2.75) is 18.9 Å². The summed E-state index contributed by atoms with van der Waals surface area (Å²) in [4.78, 5) is 47.3. The van der Waals surface area contributed by atoms with Gasteiger partial charge in [0, 0.05) is 20.0 Å². The van der Waals surface area contributed by atoms with Crippen LogP contribution in [0.5, 0.6) is 0 Å². The number of aliphatic hydroxyl groups is 1. The number of amides is 4. The van der Waals surface area contributed by atoms with E-state index in [0.29, 0.717) is 0 Å². The van der Waals surface area contributed by atoms with E-state index in [1.165, 1.54) is 11.9 Å². The fourth-order valence-electron chi connectivity index (χ4n) is 1.74. The molecule has 1 aliphatic heterocycles. The Hall–Kier alpha value is -2.16. The molecule has 1 fully saturated rings. The molecule has 0 aromatic carbocycles. The van der Waals surface area contributed by atoms with Crippen LogP contribution in [-0.4, -0.2) is 76.6 Å². The first-order chi connectivity index (χ1) is 9.36. The van der Waals surface area contributed by atoms with Gasteiger partial charge in [-0.1, -0.05) is 0 Å². The minimum Gasteiger partial charge on any atom is -0.480 e. The average Bonchev–Trinajstić information content (AvgIpc) is 2.61. The second-order valence-electron chi connectivity index (χ2n) is 4.43. The highest BCUT2D eigenvalue weighted by molar-refractivity contribution is 6.01. The van der Waals surface area contributed by atoms with E-state index in [0.717, 1.165) is 4.90 Å². The number of rotatable bonds is 7. The molecule has 0 aliphatic carbocycles. The summed E-state index contributed by atoms with van der Waals surface area (Å²) in [6, 6.07) is -1.75. The number of nitrogens with zero attached hydrogens (tertiary/aromatic N) is 2. The van der Waals surface area contributed by atoms with Gasteiger partial charge < -0.3 is 20.4 Å². The van der Waals surface area contributed by atoms with E-state index in [9.17, 15) is 19.2 Å². The van der Waals surface area contributed by atoms with E-state index < -0.39 is 30.6 Å². The molecule has 4 amide bonds. The van der Waals surface area contributed by atoms with Gasteiger partial charge in [-0.3, -0.25) is 14.5 Å². The van der Waals surface area contributed by atoms with Crippen molar-refractivity contribution < 1.29 is 29.4 Å². The first-order valence-corrected chi connectivity index (χ1v) is 6.05. The van der Waals surface area contributed by atoms with Crippen LogP contribution < -0.4 is 5.32 Å². The lowest BCUT2D eigenvalue weighted by molar-refractivity contribution is -0.142. The zero-order valence-electron chi connectivity index (χ0n) is 11.0. The lowest BCUT2D eigenvalue weighted by Gasteiger charge is -2.14. The fourth-order valence-corrected chi connectivity index (χ4v) is 1.74.